The maximum absolute atomic E-state index is 12.7. The number of hydrogen-bond donors (Lipinski definition) is 1. The molecule has 2 aliphatic rings. The van der Waals surface area contributed by atoms with E-state index in [4.69, 9.17) is 5.73 Å². The van der Waals surface area contributed by atoms with Crippen molar-refractivity contribution in [3.05, 3.63) is 0 Å². The highest BCUT2D eigenvalue weighted by Gasteiger charge is 2.43. The quantitative estimate of drug-likeness (QED) is 0.733. The summed E-state index contributed by atoms with van der Waals surface area (Å²) < 4.78 is 0. The number of nitrogens with two attached hydrogens (primary N) is 1. The summed E-state index contributed by atoms with van der Waals surface area (Å²) in [5, 5.41) is 0. The average Bonchev–Trinajstić information content (AvgIpc) is 2.95. The number of nitrogens with zero attached hydrogens (tertiary/aromatic N) is 3. The number of rotatable bonds is 2. The molecule has 2 saturated heterocycles. The van der Waals surface area contributed by atoms with Gasteiger partial charge in [-0.1, -0.05) is 0 Å². The van der Waals surface area contributed by atoms with Gasteiger partial charge < -0.3 is 15.5 Å². The molecule has 2 heterocycles. The number of likely N-dealkylation sites (tertiary alicyclic amines) is 2. The number of hydrogen-bond acceptors (Lipinski definition) is 4. The summed E-state index contributed by atoms with van der Waals surface area (Å²) in [6.07, 6.45) is 3.87. The molecule has 0 aromatic rings. The Hall–Kier alpha value is -1.14. The lowest BCUT2D eigenvalue weighted by Crippen LogP contribution is -2.62. The topological polar surface area (TPSA) is 69.9 Å². The van der Waals surface area contributed by atoms with E-state index in [1.165, 1.54) is 0 Å². The molecule has 120 valence electrons. The standard InChI is InChI=1S/C15H28N4O2/c1-15(17(2)3)7-4-5-8-19(15)14(21)13(20)18-9-6-12(10-16)11-18/h12H,4-11,16H2,1-3H3. The molecule has 0 spiro atoms. The summed E-state index contributed by atoms with van der Waals surface area (Å²) in [5.74, 6) is -0.382. The highest BCUT2D eigenvalue weighted by atomic mass is 16.2. The Bertz CT molecular complexity index is 412. The second-order valence-electron chi connectivity index (χ2n) is 6.67. The lowest BCUT2D eigenvalue weighted by atomic mass is 9.95. The van der Waals surface area contributed by atoms with Gasteiger partial charge in [-0.3, -0.25) is 14.5 Å². The summed E-state index contributed by atoms with van der Waals surface area (Å²) in [6, 6.07) is 0. The SMILES string of the molecule is CN(C)C1(C)CCCCN1C(=O)C(=O)N1CCC(CN)C1. The van der Waals surface area contributed by atoms with E-state index in [1.54, 1.807) is 9.80 Å². The summed E-state index contributed by atoms with van der Waals surface area (Å²) >= 11 is 0. The zero-order valence-electron chi connectivity index (χ0n) is 13.5. The molecule has 0 saturated carbocycles. The van der Waals surface area contributed by atoms with Gasteiger partial charge in [-0.2, -0.15) is 0 Å². The van der Waals surface area contributed by atoms with E-state index < -0.39 is 0 Å². The van der Waals surface area contributed by atoms with Gasteiger partial charge in [-0.15, -0.1) is 0 Å². The first-order chi connectivity index (χ1) is 9.90. The van der Waals surface area contributed by atoms with E-state index in [1.807, 2.05) is 25.9 Å². The van der Waals surface area contributed by atoms with Gasteiger partial charge >= 0.3 is 11.8 Å². The van der Waals surface area contributed by atoms with Crippen LogP contribution in [0.25, 0.3) is 0 Å². The normalized spacial score (nSPS) is 30.0. The van der Waals surface area contributed by atoms with Gasteiger partial charge in [0.05, 0.1) is 5.66 Å². The van der Waals surface area contributed by atoms with Crippen LogP contribution in [0, 0.1) is 5.92 Å². The highest BCUT2D eigenvalue weighted by molar-refractivity contribution is 6.35. The molecule has 2 rings (SSSR count). The van der Waals surface area contributed by atoms with Crippen LogP contribution in [0.3, 0.4) is 0 Å². The van der Waals surface area contributed by atoms with Gasteiger partial charge in [0.25, 0.3) is 0 Å². The molecule has 6 nitrogen and oxygen atoms in total. The second kappa shape index (κ2) is 6.32. The van der Waals surface area contributed by atoms with Crippen LogP contribution in [-0.4, -0.2) is 72.5 Å². The third kappa shape index (κ3) is 3.06. The van der Waals surface area contributed by atoms with Crippen LogP contribution in [0.1, 0.15) is 32.6 Å². The Morgan fingerprint density at radius 3 is 2.52 bits per heavy atom. The fourth-order valence-electron chi connectivity index (χ4n) is 3.35. The maximum Gasteiger partial charge on any atom is 0.313 e. The molecule has 0 aromatic heterocycles. The van der Waals surface area contributed by atoms with E-state index in [2.05, 4.69) is 0 Å². The van der Waals surface area contributed by atoms with Crippen molar-refractivity contribution in [2.24, 2.45) is 11.7 Å². The van der Waals surface area contributed by atoms with Crippen LogP contribution in [-0.2, 0) is 9.59 Å². The number of amides is 2. The van der Waals surface area contributed by atoms with Crippen LogP contribution in [0.2, 0.25) is 0 Å². The summed E-state index contributed by atoms with van der Waals surface area (Å²) in [4.78, 5) is 30.6. The molecule has 0 aliphatic carbocycles. The molecule has 2 N–H and O–H groups in total. The smallest absolute Gasteiger partial charge is 0.313 e. The molecule has 0 aromatic carbocycles. The van der Waals surface area contributed by atoms with Crippen molar-refractivity contribution in [2.45, 2.75) is 38.3 Å². The van der Waals surface area contributed by atoms with Crippen LogP contribution >= 0.6 is 0 Å². The third-order valence-corrected chi connectivity index (χ3v) is 5.16. The van der Waals surface area contributed by atoms with Gasteiger partial charge in [0.1, 0.15) is 0 Å². The van der Waals surface area contributed by atoms with Gasteiger partial charge in [0.15, 0.2) is 0 Å². The van der Waals surface area contributed by atoms with E-state index in [0.29, 0.717) is 32.1 Å². The van der Waals surface area contributed by atoms with E-state index in [0.717, 1.165) is 25.7 Å². The number of carbonyl (C=O) groups excluding carboxylic acids is 2. The number of piperidine rings is 1. The zero-order chi connectivity index (χ0) is 15.6. The van der Waals surface area contributed by atoms with E-state index in [9.17, 15) is 9.59 Å². The van der Waals surface area contributed by atoms with Crippen molar-refractivity contribution in [3.63, 3.8) is 0 Å². The van der Waals surface area contributed by atoms with Crippen molar-refractivity contribution >= 4 is 11.8 Å². The monoisotopic (exact) mass is 296 g/mol. The molecular weight excluding hydrogens is 268 g/mol. The first-order valence-electron chi connectivity index (χ1n) is 7.88. The summed E-state index contributed by atoms with van der Waals surface area (Å²) in [7, 11) is 3.94. The molecular formula is C15H28N4O2. The third-order valence-electron chi connectivity index (χ3n) is 5.16. The van der Waals surface area contributed by atoms with Gasteiger partial charge in [-0.25, -0.2) is 0 Å². The minimum Gasteiger partial charge on any atom is -0.334 e. The minimum absolute atomic E-state index is 0.336. The van der Waals surface area contributed by atoms with Crippen molar-refractivity contribution < 1.29 is 9.59 Å². The molecule has 0 radical (unpaired) electrons. The fraction of sp³-hybridized carbons (Fsp3) is 0.867. The van der Waals surface area contributed by atoms with Crippen molar-refractivity contribution in [1.29, 1.82) is 0 Å². The lowest BCUT2D eigenvalue weighted by molar-refractivity contribution is -0.162. The first-order valence-corrected chi connectivity index (χ1v) is 7.88. The Morgan fingerprint density at radius 1 is 1.24 bits per heavy atom. The maximum atomic E-state index is 12.7. The van der Waals surface area contributed by atoms with E-state index in [-0.39, 0.29) is 17.5 Å². The molecule has 2 unspecified atom stereocenters. The fourth-order valence-corrected chi connectivity index (χ4v) is 3.35. The van der Waals surface area contributed by atoms with Gasteiger partial charge in [0, 0.05) is 19.6 Å². The first kappa shape index (κ1) is 16.2. The molecule has 21 heavy (non-hydrogen) atoms. The molecule has 2 aliphatic heterocycles. The van der Waals surface area contributed by atoms with Crippen molar-refractivity contribution in [3.8, 4) is 0 Å². The Morgan fingerprint density at radius 2 is 1.95 bits per heavy atom. The predicted molar refractivity (Wildman–Crippen MR) is 81.4 cm³/mol. The van der Waals surface area contributed by atoms with Crippen LogP contribution in [0.5, 0.6) is 0 Å². The molecule has 2 atom stereocenters. The minimum atomic E-state index is -0.363. The largest absolute Gasteiger partial charge is 0.334 e. The summed E-state index contributed by atoms with van der Waals surface area (Å²) in [6.45, 7) is 4.56. The van der Waals surface area contributed by atoms with Crippen LogP contribution in [0.15, 0.2) is 0 Å². The van der Waals surface area contributed by atoms with Crippen LogP contribution in [0.4, 0.5) is 0 Å². The van der Waals surface area contributed by atoms with E-state index >= 15 is 0 Å². The summed E-state index contributed by atoms with van der Waals surface area (Å²) in [5.41, 5.74) is 5.29. The Kier molecular flexibility index (Phi) is 4.88. The zero-order valence-corrected chi connectivity index (χ0v) is 13.5. The van der Waals surface area contributed by atoms with Crippen molar-refractivity contribution in [2.75, 3.05) is 40.3 Å². The Labute approximate surface area is 127 Å². The number of carbonyl (C=O) groups is 2. The lowest BCUT2D eigenvalue weighted by Gasteiger charge is -2.48. The van der Waals surface area contributed by atoms with Gasteiger partial charge in [-0.05, 0) is 59.2 Å². The Balaban J connectivity index is 2.09. The highest BCUT2D eigenvalue weighted by Crippen LogP contribution is 2.30. The average molecular weight is 296 g/mol. The van der Waals surface area contributed by atoms with Crippen LogP contribution < -0.4 is 5.73 Å². The molecule has 2 fully saturated rings. The van der Waals surface area contributed by atoms with Crippen molar-refractivity contribution in [1.82, 2.24) is 14.7 Å². The molecule has 0 bridgehead atoms. The predicted octanol–water partition coefficient (Wildman–Crippen LogP) is 0.0839. The second-order valence-corrected chi connectivity index (χ2v) is 6.67. The molecule has 6 heteroatoms. The molecule has 2 amide bonds. The van der Waals surface area contributed by atoms with Gasteiger partial charge in [0.2, 0.25) is 0 Å².